The lowest BCUT2D eigenvalue weighted by Crippen LogP contribution is -2.40. The predicted molar refractivity (Wildman–Crippen MR) is 120 cm³/mol. The Morgan fingerprint density at radius 1 is 0.675 bits per heavy atom. The van der Waals surface area contributed by atoms with Crippen molar-refractivity contribution in [2.75, 3.05) is 6.54 Å². The minimum atomic E-state index is -5.00. The lowest BCUT2D eigenvalue weighted by Gasteiger charge is -2.24. The Bertz CT molecular complexity index is 1270. The van der Waals surface area contributed by atoms with E-state index in [0.717, 1.165) is 30.3 Å². The standard InChI is InChI=1S/C25H19F10NO4/c26-22(27)24(31,32)39-18-8-2-5-15(11-18)21(36-13-20(37)23(28,29)30)14-4-1-6-16(10-14)38-17-7-3-9-19(12-17)40-25(33,34)35/h1-12,20-22,36-37H,13H2. The molecule has 2 unspecified atom stereocenters. The van der Waals surface area contributed by atoms with Crippen LogP contribution in [0.4, 0.5) is 43.9 Å². The highest BCUT2D eigenvalue weighted by atomic mass is 19.4. The molecule has 0 heterocycles. The summed E-state index contributed by atoms with van der Waals surface area (Å²) in [5.41, 5.74) is 0.127. The van der Waals surface area contributed by atoms with Gasteiger partial charge in [-0.2, -0.15) is 30.7 Å². The van der Waals surface area contributed by atoms with Crippen LogP contribution >= 0.6 is 0 Å². The molecule has 3 rings (SSSR count). The number of aliphatic hydroxyl groups excluding tert-OH is 1. The third-order valence-corrected chi connectivity index (χ3v) is 5.06. The van der Waals surface area contributed by atoms with Crippen molar-refractivity contribution in [1.82, 2.24) is 5.32 Å². The second-order valence-corrected chi connectivity index (χ2v) is 8.13. The quantitative estimate of drug-likeness (QED) is 0.232. The fourth-order valence-corrected chi connectivity index (χ4v) is 3.36. The van der Waals surface area contributed by atoms with Crippen LogP contribution in [-0.4, -0.2) is 42.8 Å². The first-order valence-corrected chi connectivity index (χ1v) is 11.1. The van der Waals surface area contributed by atoms with E-state index in [1.165, 1.54) is 42.5 Å². The number of ether oxygens (including phenoxy) is 3. The van der Waals surface area contributed by atoms with Crippen molar-refractivity contribution in [3.05, 3.63) is 83.9 Å². The van der Waals surface area contributed by atoms with Crippen LogP contribution in [0.3, 0.4) is 0 Å². The van der Waals surface area contributed by atoms with Crippen molar-refractivity contribution in [2.45, 2.75) is 37.2 Å². The second kappa shape index (κ2) is 12.2. The molecule has 0 aliphatic rings. The van der Waals surface area contributed by atoms with Gasteiger partial charge < -0.3 is 24.6 Å². The van der Waals surface area contributed by atoms with Crippen LogP contribution in [0.5, 0.6) is 23.0 Å². The molecule has 3 aromatic carbocycles. The maximum atomic E-state index is 13.4. The Morgan fingerprint density at radius 2 is 1.15 bits per heavy atom. The Labute approximate surface area is 219 Å². The SMILES string of the molecule is OC(CNC(c1cccc(Oc2cccc(OC(F)(F)F)c2)c1)c1cccc(OC(F)(F)C(F)F)c1)C(F)(F)F. The van der Waals surface area contributed by atoms with Gasteiger partial charge in [-0.1, -0.05) is 30.3 Å². The molecule has 0 aromatic heterocycles. The molecule has 0 fully saturated rings. The number of hydrogen-bond donors (Lipinski definition) is 2. The molecular formula is C25H19F10NO4. The highest BCUT2D eigenvalue weighted by molar-refractivity contribution is 5.42. The van der Waals surface area contributed by atoms with Crippen LogP contribution in [0.1, 0.15) is 17.2 Å². The molecule has 0 bridgehead atoms. The Hall–Kier alpha value is -3.72. The van der Waals surface area contributed by atoms with Crippen molar-refractivity contribution in [1.29, 1.82) is 0 Å². The van der Waals surface area contributed by atoms with Gasteiger partial charge in [0.25, 0.3) is 0 Å². The molecule has 0 saturated heterocycles. The van der Waals surface area contributed by atoms with Crippen LogP contribution in [0.15, 0.2) is 72.8 Å². The normalized spacial score (nSPS) is 14.1. The van der Waals surface area contributed by atoms with E-state index in [-0.39, 0.29) is 22.6 Å². The minimum absolute atomic E-state index is 0.00136. The molecule has 0 aliphatic heterocycles. The zero-order valence-corrected chi connectivity index (χ0v) is 19.8. The first-order valence-electron chi connectivity index (χ1n) is 11.1. The van der Waals surface area contributed by atoms with E-state index in [9.17, 15) is 49.0 Å². The van der Waals surface area contributed by atoms with Gasteiger partial charge in [0.05, 0.1) is 6.04 Å². The predicted octanol–water partition coefficient (Wildman–Crippen LogP) is 7.22. The molecule has 0 spiro atoms. The van der Waals surface area contributed by atoms with E-state index in [2.05, 4.69) is 14.8 Å². The van der Waals surface area contributed by atoms with Gasteiger partial charge in [0.2, 0.25) is 0 Å². The fraction of sp³-hybridized carbons (Fsp3) is 0.280. The summed E-state index contributed by atoms with van der Waals surface area (Å²) in [4.78, 5) is 0. The number of nitrogens with one attached hydrogen (secondary N) is 1. The zero-order valence-electron chi connectivity index (χ0n) is 19.8. The van der Waals surface area contributed by atoms with Gasteiger partial charge in [-0.3, -0.25) is 0 Å². The molecule has 15 heteroatoms. The van der Waals surface area contributed by atoms with Gasteiger partial charge in [-0.05, 0) is 47.5 Å². The van der Waals surface area contributed by atoms with Crippen molar-refractivity contribution in [3.63, 3.8) is 0 Å². The summed E-state index contributed by atoms with van der Waals surface area (Å²) in [6, 6.07) is 12.8. The summed E-state index contributed by atoms with van der Waals surface area (Å²) in [6.45, 7) is -1.06. The number of alkyl halides is 10. The fourth-order valence-electron chi connectivity index (χ4n) is 3.36. The number of halogens is 10. The first-order chi connectivity index (χ1) is 18.5. The van der Waals surface area contributed by atoms with Crippen LogP contribution in [-0.2, 0) is 0 Å². The van der Waals surface area contributed by atoms with Crippen molar-refractivity contribution in [3.8, 4) is 23.0 Å². The Kier molecular flexibility index (Phi) is 9.40. The van der Waals surface area contributed by atoms with Gasteiger partial charge in [0, 0.05) is 12.6 Å². The highest BCUT2D eigenvalue weighted by Crippen LogP contribution is 2.34. The first kappa shape index (κ1) is 30.8. The molecule has 0 amide bonds. The Morgan fingerprint density at radius 3 is 1.68 bits per heavy atom. The second-order valence-electron chi connectivity index (χ2n) is 8.13. The number of aliphatic hydroxyl groups is 1. The summed E-state index contributed by atoms with van der Waals surface area (Å²) < 4.78 is 142. The largest absolute Gasteiger partial charge is 0.573 e. The van der Waals surface area contributed by atoms with Gasteiger partial charge in [-0.25, -0.2) is 0 Å². The number of benzene rings is 3. The third-order valence-electron chi connectivity index (χ3n) is 5.06. The summed E-state index contributed by atoms with van der Waals surface area (Å²) in [5, 5.41) is 11.9. The minimum Gasteiger partial charge on any atom is -0.457 e. The molecule has 0 saturated carbocycles. The average Bonchev–Trinajstić information content (AvgIpc) is 2.83. The molecule has 2 N–H and O–H groups in total. The molecule has 3 aromatic rings. The van der Waals surface area contributed by atoms with Crippen LogP contribution in [0, 0.1) is 0 Å². The maximum absolute atomic E-state index is 13.4. The summed E-state index contributed by atoms with van der Waals surface area (Å²) in [7, 11) is 0. The Balaban J connectivity index is 1.93. The third kappa shape index (κ3) is 8.91. The summed E-state index contributed by atoms with van der Waals surface area (Å²) in [5.74, 6) is -1.40. The molecule has 218 valence electrons. The molecule has 0 aliphatic carbocycles. The van der Waals surface area contributed by atoms with Crippen molar-refractivity contribution in [2.24, 2.45) is 0 Å². The molecule has 2 atom stereocenters. The summed E-state index contributed by atoms with van der Waals surface area (Å²) >= 11 is 0. The van der Waals surface area contributed by atoms with E-state index < -0.39 is 55.3 Å². The average molecular weight is 587 g/mol. The molecular weight excluding hydrogens is 568 g/mol. The van der Waals surface area contributed by atoms with Gasteiger partial charge >= 0.3 is 25.1 Å². The van der Waals surface area contributed by atoms with Crippen molar-refractivity contribution >= 4 is 0 Å². The van der Waals surface area contributed by atoms with E-state index in [1.54, 1.807) is 0 Å². The zero-order chi connectivity index (χ0) is 29.7. The maximum Gasteiger partial charge on any atom is 0.573 e. The molecule has 5 nitrogen and oxygen atoms in total. The van der Waals surface area contributed by atoms with Crippen molar-refractivity contribution < 1.29 is 63.2 Å². The summed E-state index contributed by atoms with van der Waals surface area (Å²) in [6.07, 6.45) is -21.8. The van der Waals surface area contributed by atoms with Gasteiger partial charge in [-0.15, -0.1) is 13.2 Å². The monoisotopic (exact) mass is 587 g/mol. The highest BCUT2D eigenvalue weighted by Gasteiger charge is 2.44. The van der Waals surface area contributed by atoms with Gasteiger partial charge in [0.15, 0.2) is 6.10 Å². The van der Waals surface area contributed by atoms with E-state index in [0.29, 0.717) is 0 Å². The van der Waals surface area contributed by atoms with Crippen LogP contribution < -0.4 is 19.5 Å². The van der Waals surface area contributed by atoms with Crippen LogP contribution in [0.25, 0.3) is 0 Å². The molecule has 0 radical (unpaired) electrons. The molecule has 40 heavy (non-hydrogen) atoms. The van der Waals surface area contributed by atoms with E-state index in [4.69, 9.17) is 4.74 Å². The van der Waals surface area contributed by atoms with E-state index in [1.807, 2.05) is 0 Å². The van der Waals surface area contributed by atoms with E-state index >= 15 is 0 Å². The lowest BCUT2D eigenvalue weighted by atomic mass is 9.98. The van der Waals surface area contributed by atoms with Crippen LogP contribution in [0.2, 0.25) is 0 Å². The lowest BCUT2D eigenvalue weighted by molar-refractivity contribution is -0.274. The smallest absolute Gasteiger partial charge is 0.457 e. The topological polar surface area (TPSA) is 60.0 Å². The van der Waals surface area contributed by atoms with Gasteiger partial charge in [0.1, 0.15) is 23.0 Å². The number of hydrogen-bond acceptors (Lipinski definition) is 5. The number of rotatable bonds is 11.